The van der Waals surface area contributed by atoms with E-state index in [1.54, 1.807) is 0 Å². The molecular weight excluding hydrogens is 264 g/mol. The van der Waals surface area contributed by atoms with Gasteiger partial charge < -0.3 is 15.7 Å². The molecule has 0 aliphatic heterocycles. The van der Waals surface area contributed by atoms with E-state index in [-0.39, 0.29) is 18.1 Å². The lowest BCUT2D eigenvalue weighted by atomic mass is 9.99. The van der Waals surface area contributed by atoms with Crippen LogP contribution in [-0.4, -0.2) is 29.7 Å². The van der Waals surface area contributed by atoms with Gasteiger partial charge in [-0.15, -0.1) is 0 Å². The molecule has 3 N–H and O–H groups in total. The second kappa shape index (κ2) is 7.05. The number of aryl methyl sites for hydroxylation is 2. The first-order valence-electron chi connectivity index (χ1n) is 7.78. The lowest BCUT2D eigenvalue weighted by Gasteiger charge is -2.28. The molecule has 1 aromatic carbocycles. The first-order valence-corrected chi connectivity index (χ1v) is 7.78. The van der Waals surface area contributed by atoms with Gasteiger partial charge in [0.1, 0.15) is 0 Å². The normalized spacial score (nSPS) is 16.9. The molecule has 1 aliphatic carbocycles. The van der Waals surface area contributed by atoms with Crippen LogP contribution in [-0.2, 0) is 4.79 Å². The van der Waals surface area contributed by atoms with Crippen molar-refractivity contribution in [3.63, 3.8) is 0 Å². The molecular formula is C17H26N2O2. The van der Waals surface area contributed by atoms with E-state index in [9.17, 15) is 9.90 Å². The molecule has 1 amide bonds. The Balaban J connectivity index is 1.79. The number of hydrogen-bond acceptors (Lipinski definition) is 3. The van der Waals surface area contributed by atoms with Crippen molar-refractivity contribution in [2.24, 2.45) is 0 Å². The van der Waals surface area contributed by atoms with Crippen LogP contribution in [0.5, 0.6) is 0 Å². The summed E-state index contributed by atoms with van der Waals surface area (Å²) in [7, 11) is 0. The minimum absolute atomic E-state index is 0.0144. The van der Waals surface area contributed by atoms with E-state index in [0.717, 1.165) is 36.9 Å². The van der Waals surface area contributed by atoms with Gasteiger partial charge in [0.05, 0.1) is 6.61 Å². The van der Waals surface area contributed by atoms with Crippen molar-refractivity contribution in [2.45, 2.75) is 51.5 Å². The molecule has 0 unspecified atom stereocenters. The number of aliphatic hydroxyl groups excluding tert-OH is 1. The SMILES string of the molecule is Cc1ccc(NC(=O)CCNC2(CO)CCCC2)c(C)c1. The van der Waals surface area contributed by atoms with Gasteiger partial charge in [0.15, 0.2) is 0 Å². The molecule has 21 heavy (non-hydrogen) atoms. The molecule has 0 heterocycles. The second-order valence-corrected chi connectivity index (χ2v) is 6.19. The summed E-state index contributed by atoms with van der Waals surface area (Å²) in [5.74, 6) is 0.0144. The zero-order valence-corrected chi connectivity index (χ0v) is 13.0. The zero-order chi connectivity index (χ0) is 15.3. The van der Waals surface area contributed by atoms with E-state index in [0.29, 0.717) is 13.0 Å². The number of amides is 1. The van der Waals surface area contributed by atoms with Gasteiger partial charge in [0, 0.05) is 24.2 Å². The average Bonchev–Trinajstić information content (AvgIpc) is 2.91. The van der Waals surface area contributed by atoms with Crippen molar-refractivity contribution in [2.75, 3.05) is 18.5 Å². The minimum atomic E-state index is -0.153. The van der Waals surface area contributed by atoms with Gasteiger partial charge in [-0.1, -0.05) is 30.5 Å². The van der Waals surface area contributed by atoms with E-state index in [1.165, 1.54) is 5.56 Å². The lowest BCUT2D eigenvalue weighted by Crippen LogP contribution is -2.47. The summed E-state index contributed by atoms with van der Waals surface area (Å²) < 4.78 is 0. The molecule has 1 aromatic rings. The third-order valence-corrected chi connectivity index (χ3v) is 4.37. The predicted octanol–water partition coefficient (Wildman–Crippen LogP) is 2.53. The molecule has 116 valence electrons. The third kappa shape index (κ3) is 4.29. The van der Waals surface area contributed by atoms with Crippen molar-refractivity contribution in [3.8, 4) is 0 Å². The van der Waals surface area contributed by atoms with E-state index in [1.807, 2.05) is 26.0 Å². The fourth-order valence-electron chi connectivity index (χ4n) is 3.05. The molecule has 4 nitrogen and oxygen atoms in total. The third-order valence-electron chi connectivity index (χ3n) is 4.37. The number of aliphatic hydroxyl groups is 1. The quantitative estimate of drug-likeness (QED) is 0.754. The minimum Gasteiger partial charge on any atom is -0.394 e. The van der Waals surface area contributed by atoms with Gasteiger partial charge in [-0.3, -0.25) is 4.79 Å². The summed E-state index contributed by atoms with van der Waals surface area (Å²) in [5, 5.41) is 15.8. The standard InChI is InChI=1S/C17H26N2O2/c1-13-5-6-15(14(2)11-13)19-16(21)7-10-18-17(12-20)8-3-4-9-17/h5-6,11,18,20H,3-4,7-10,12H2,1-2H3,(H,19,21). The summed E-state index contributed by atoms with van der Waals surface area (Å²) in [5.41, 5.74) is 3.00. The Morgan fingerprint density at radius 2 is 2.00 bits per heavy atom. The largest absolute Gasteiger partial charge is 0.394 e. The van der Waals surface area contributed by atoms with Gasteiger partial charge in [-0.2, -0.15) is 0 Å². The fourth-order valence-corrected chi connectivity index (χ4v) is 3.05. The first-order chi connectivity index (χ1) is 10.0. The summed E-state index contributed by atoms with van der Waals surface area (Å²) in [6.45, 7) is 4.81. The van der Waals surface area contributed by atoms with Gasteiger partial charge in [-0.05, 0) is 38.3 Å². The Morgan fingerprint density at radius 3 is 2.62 bits per heavy atom. The summed E-state index contributed by atoms with van der Waals surface area (Å²) in [6, 6.07) is 6.01. The Kier molecular flexibility index (Phi) is 5.37. The van der Waals surface area contributed by atoms with Crippen molar-refractivity contribution >= 4 is 11.6 Å². The molecule has 1 fully saturated rings. The highest BCUT2D eigenvalue weighted by Crippen LogP contribution is 2.28. The number of hydrogen-bond donors (Lipinski definition) is 3. The van der Waals surface area contributed by atoms with E-state index >= 15 is 0 Å². The van der Waals surface area contributed by atoms with Crippen LogP contribution in [0.3, 0.4) is 0 Å². The lowest BCUT2D eigenvalue weighted by molar-refractivity contribution is -0.116. The predicted molar refractivity (Wildman–Crippen MR) is 85.5 cm³/mol. The van der Waals surface area contributed by atoms with E-state index < -0.39 is 0 Å². The van der Waals surface area contributed by atoms with Crippen molar-refractivity contribution in [1.82, 2.24) is 5.32 Å². The molecule has 0 aromatic heterocycles. The van der Waals surface area contributed by atoms with Gasteiger partial charge >= 0.3 is 0 Å². The molecule has 0 spiro atoms. The van der Waals surface area contributed by atoms with Crippen LogP contribution in [0, 0.1) is 13.8 Å². The molecule has 2 rings (SSSR count). The molecule has 0 atom stereocenters. The van der Waals surface area contributed by atoms with Crippen molar-refractivity contribution in [1.29, 1.82) is 0 Å². The van der Waals surface area contributed by atoms with Crippen LogP contribution in [0.4, 0.5) is 5.69 Å². The van der Waals surface area contributed by atoms with Gasteiger partial charge in [0.25, 0.3) is 0 Å². The monoisotopic (exact) mass is 290 g/mol. The molecule has 0 radical (unpaired) electrons. The van der Waals surface area contributed by atoms with E-state index in [2.05, 4.69) is 16.7 Å². The Bertz CT molecular complexity index is 494. The number of rotatable bonds is 6. The maximum absolute atomic E-state index is 12.0. The van der Waals surface area contributed by atoms with Crippen molar-refractivity contribution in [3.05, 3.63) is 29.3 Å². The Hall–Kier alpha value is -1.39. The fraction of sp³-hybridized carbons (Fsp3) is 0.588. The topological polar surface area (TPSA) is 61.4 Å². The smallest absolute Gasteiger partial charge is 0.225 e. The highest BCUT2D eigenvalue weighted by Gasteiger charge is 2.32. The van der Waals surface area contributed by atoms with Crippen LogP contribution in [0.25, 0.3) is 0 Å². The highest BCUT2D eigenvalue weighted by atomic mass is 16.3. The molecule has 1 aliphatic rings. The van der Waals surface area contributed by atoms with Crippen LogP contribution in [0.1, 0.15) is 43.2 Å². The first kappa shape index (κ1) is 16.0. The number of nitrogens with one attached hydrogen (secondary N) is 2. The summed E-state index contributed by atoms with van der Waals surface area (Å²) in [4.78, 5) is 12.0. The molecule has 0 saturated heterocycles. The Labute approximate surface area is 126 Å². The number of anilines is 1. The number of benzene rings is 1. The maximum atomic E-state index is 12.0. The zero-order valence-electron chi connectivity index (χ0n) is 13.0. The van der Waals surface area contributed by atoms with Crippen LogP contribution in [0.2, 0.25) is 0 Å². The van der Waals surface area contributed by atoms with Crippen molar-refractivity contribution < 1.29 is 9.90 Å². The van der Waals surface area contributed by atoms with Crippen LogP contribution >= 0.6 is 0 Å². The summed E-state index contributed by atoms with van der Waals surface area (Å²) >= 11 is 0. The van der Waals surface area contributed by atoms with Crippen LogP contribution in [0.15, 0.2) is 18.2 Å². The summed E-state index contributed by atoms with van der Waals surface area (Å²) in [6.07, 6.45) is 4.74. The number of carbonyl (C=O) groups excluding carboxylic acids is 1. The second-order valence-electron chi connectivity index (χ2n) is 6.19. The number of carbonyl (C=O) groups is 1. The van der Waals surface area contributed by atoms with Crippen LogP contribution < -0.4 is 10.6 Å². The molecule has 0 bridgehead atoms. The van der Waals surface area contributed by atoms with Gasteiger partial charge in [-0.25, -0.2) is 0 Å². The van der Waals surface area contributed by atoms with E-state index in [4.69, 9.17) is 0 Å². The van der Waals surface area contributed by atoms with Gasteiger partial charge in [0.2, 0.25) is 5.91 Å². The highest BCUT2D eigenvalue weighted by molar-refractivity contribution is 5.91. The average molecular weight is 290 g/mol. The Morgan fingerprint density at radius 1 is 1.29 bits per heavy atom. The maximum Gasteiger partial charge on any atom is 0.225 e. The molecule has 1 saturated carbocycles. The molecule has 4 heteroatoms.